The molecule has 1 aliphatic carbocycles. The highest BCUT2D eigenvalue weighted by Crippen LogP contribution is 2.47. The minimum atomic E-state index is -4.56. The Kier molecular flexibility index (Phi) is 10.4. The van der Waals surface area contributed by atoms with Crippen molar-refractivity contribution in [1.82, 2.24) is 20.1 Å². The highest BCUT2D eigenvalue weighted by molar-refractivity contribution is 6.11. The number of benzene rings is 3. The molecule has 55 heavy (non-hydrogen) atoms. The number of fused-ring (bicyclic) bond motifs is 1. The predicted molar refractivity (Wildman–Crippen MR) is 208 cm³/mol. The molecule has 0 radical (unpaired) electrons. The Morgan fingerprint density at radius 1 is 0.927 bits per heavy atom. The largest absolute Gasteiger partial charge is 0.489 e. The van der Waals surface area contributed by atoms with Gasteiger partial charge < -0.3 is 19.9 Å². The Morgan fingerprint density at radius 2 is 1.67 bits per heavy atom. The number of amides is 2. The van der Waals surface area contributed by atoms with Gasteiger partial charge in [0.05, 0.1) is 39.7 Å². The fraction of sp³-hybridized carbons (Fsp3) is 0.477. The van der Waals surface area contributed by atoms with Crippen LogP contribution in [0.25, 0.3) is 22.2 Å². The van der Waals surface area contributed by atoms with Crippen molar-refractivity contribution >= 4 is 28.4 Å². The third kappa shape index (κ3) is 7.83. The quantitative estimate of drug-likeness (QED) is 0.175. The van der Waals surface area contributed by atoms with Crippen molar-refractivity contribution in [1.29, 1.82) is 0 Å². The van der Waals surface area contributed by atoms with E-state index < -0.39 is 17.3 Å². The van der Waals surface area contributed by atoms with E-state index in [0.29, 0.717) is 76.7 Å². The maximum atomic E-state index is 15.1. The minimum Gasteiger partial charge on any atom is -0.489 e. The van der Waals surface area contributed by atoms with Crippen molar-refractivity contribution in [3.05, 3.63) is 89.0 Å². The summed E-state index contributed by atoms with van der Waals surface area (Å²) in [6.07, 6.45) is 3.55. The fourth-order valence-electron chi connectivity index (χ4n) is 8.87. The van der Waals surface area contributed by atoms with Crippen molar-refractivity contribution in [3.8, 4) is 17.0 Å². The molecule has 3 aliphatic heterocycles. The topological polar surface area (TPSA) is 78.0 Å². The van der Waals surface area contributed by atoms with E-state index in [4.69, 9.17) is 9.72 Å². The molecule has 3 aromatic carbocycles. The predicted octanol–water partition coefficient (Wildman–Crippen LogP) is 8.70. The molecule has 0 bridgehead atoms. The van der Waals surface area contributed by atoms with E-state index in [0.717, 1.165) is 69.6 Å². The summed E-state index contributed by atoms with van der Waals surface area (Å²) < 4.78 is 48.9. The van der Waals surface area contributed by atoms with E-state index in [1.807, 2.05) is 50.2 Å². The summed E-state index contributed by atoms with van der Waals surface area (Å²) >= 11 is 0. The number of aromatic nitrogens is 1. The number of pyridine rings is 1. The zero-order valence-electron chi connectivity index (χ0n) is 31.8. The van der Waals surface area contributed by atoms with E-state index in [2.05, 4.69) is 15.1 Å². The SMILES string of the molecule is CC(C)Oc1cc2nc(-c3cccc(C(F)(F)F)c3)c(CN3CCC(N4CCCCC4)CC3)c(C(=O)NC3(c4ccccc4)CC3)c2cc1N1CCCC1=O. The van der Waals surface area contributed by atoms with E-state index >= 15 is 4.79 Å². The van der Waals surface area contributed by atoms with Gasteiger partial charge in [0.15, 0.2) is 0 Å². The van der Waals surface area contributed by atoms with Gasteiger partial charge in [-0.05, 0) is 109 Å². The molecular formula is C44H50F3N5O3. The molecule has 4 aliphatic rings. The Labute approximate surface area is 321 Å². The smallest absolute Gasteiger partial charge is 0.416 e. The van der Waals surface area contributed by atoms with Gasteiger partial charge in [0.1, 0.15) is 5.75 Å². The molecule has 3 saturated heterocycles. The Hall–Kier alpha value is -4.48. The summed E-state index contributed by atoms with van der Waals surface area (Å²) in [6, 6.07) is 19.3. The van der Waals surface area contributed by atoms with Gasteiger partial charge in [-0.2, -0.15) is 13.2 Å². The number of hydrogen-bond donors (Lipinski definition) is 1. The van der Waals surface area contributed by atoms with Gasteiger partial charge in [-0.1, -0.05) is 48.9 Å². The Bertz CT molecular complexity index is 2050. The Morgan fingerprint density at radius 3 is 2.33 bits per heavy atom. The molecule has 0 atom stereocenters. The molecule has 4 fully saturated rings. The molecule has 290 valence electrons. The lowest BCUT2D eigenvalue weighted by molar-refractivity contribution is -0.137. The molecular weight excluding hydrogens is 704 g/mol. The van der Waals surface area contributed by atoms with Crippen LogP contribution in [0.5, 0.6) is 5.75 Å². The highest BCUT2D eigenvalue weighted by atomic mass is 19.4. The molecule has 4 aromatic rings. The van der Waals surface area contributed by atoms with E-state index in [1.165, 1.54) is 25.3 Å². The number of nitrogens with zero attached hydrogens (tertiary/aromatic N) is 4. The number of halogens is 3. The number of ether oxygens (including phenoxy) is 1. The molecule has 1 saturated carbocycles. The molecule has 8 nitrogen and oxygen atoms in total. The highest BCUT2D eigenvalue weighted by Gasteiger charge is 2.46. The first-order valence-electron chi connectivity index (χ1n) is 20.0. The summed E-state index contributed by atoms with van der Waals surface area (Å²) in [7, 11) is 0. The second-order valence-corrected chi connectivity index (χ2v) is 16.1. The lowest BCUT2D eigenvalue weighted by Gasteiger charge is -2.40. The number of carbonyl (C=O) groups is 2. The lowest BCUT2D eigenvalue weighted by Crippen LogP contribution is -2.46. The van der Waals surface area contributed by atoms with Gasteiger partial charge in [0, 0.05) is 48.1 Å². The first-order valence-corrected chi connectivity index (χ1v) is 20.0. The summed E-state index contributed by atoms with van der Waals surface area (Å²) in [5, 5.41) is 3.94. The first kappa shape index (κ1) is 37.4. The number of alkyl halides is 3. The van der Waals surface area contributed by atoms with Crippen LogP contribution in [0.15, 0.2) is 66.7 Å². The molecule has 8 rings (SSSR count). The molecule has 1 aromatic heterocycles. The van der Waals surface area contributed by atoms with E-state index in [1.54, 1.807) is 17.0 Å². The van der Waals surface area contributed by atoms with Crippen molar-refractivity contribution in [3.63, 3.8) is 0 Å². The van der Waals surface area contributed by atoms with Crippen molar-refractivity contribution in [2.24, 2.45) is 0 Å². The van der Waals surface area contributed by atoms with Crippen LogP contribution in [0, 0.1) is 0 Å². The number of nitrogens with one attached hydrogen (secondary N) is 1. The number of likely N-dealkylation sites (tertiary alicyclic amines) is 2. The number of rotatable bonds is 10. The molecule has 2 amide bonds. The van der Waals surface area contributed by atoms with Crippen LogP contribution in [0.4, 0.5) is 18.9 Å². The average molecular weight is 754 g/mol. The molecule has 4 heterocycles. The van der Waals surface area contributed by atoms with Gasteiger partial charge in [-0.3, -0.25) is 14.5 Å². The monoisotopic (exact) mass is 753 g/mol. The number of piperidine rings is 2. The number of anilines is 1. The number of hydrogen-bond acceptors (Lipinski definition) is 6. The summed E-state index contributed by atoms with van der Waals surface area (Å²) in [4.78, 5) is 40.1. The summed E-state index contributed by atoms with van der Waals surface area (Å²) in [6.45, 7) is 8.49. The molecule has 11 heteroatoms. The van der Waals surface area contributed by atoms with Crippen molar-refractivity contribution in [2.45, 2.75) is 102 Å². The molecule has 0 unspecified atom stereocenters. The van der Waals surface area contributed by atoms with Crippen LogP contribution in [-0.2, 0) is 23.1 Å². The van der Waals surface area contributed by atoms with Gasteiger partial charge in [0.25, 0.3) is 5.91 Å². The van der Waals surface area contributed by atoms with E-state index in [9.17, 15) is 18.0 Å². The van der Waals surface area contributed by atoms with Gasteiger partial charge in [-0.15, -0.1) is 0 Å². The zero-order chi connectivity index (χ0) is 38.3. The normalized spacial score (nSPS) is 19.7. The van der Waals surface area contributed by atoms with Gasteiger partial charge in [0.2, 0.25) is 5.91 Å². The number of carbonyl (C=O) groups excluding carboxylic acids is 2. The van der Waals surface area contributed by atoms with E-state index in [-0.39, 0.29) is 17.9 Å². The maximum Gasteiger partial charge on any atom is 0.416 e. The lowest BCUT2D eigenvalue weighted by atomic mass is 9.92. The zero-order valence-corrected chi connectivity index (χ0v) is 31.8. The van der Waals surface area contributed by atoms with Crippen molar-refractivity contribution < 1.29 is 27.5 Å². The van der Waals surface area contributed by atoms with Crippen LogP contribution in [0.1, 0.15) is 98.7 Å². The van der Waals surface area contributed by atoms with Crippen LogP contribution in [-0.4, -0.2) is 71.5 Å². The molecule has 0 spiro atoms. The summed E-state index contributed by atoms with van der Waals surface area (Å²) in [5.74, 6) is 0.115. The standard InChI is InChI=1S/C44H50F3N5O3/c1-29(2)55-38-27-36-34(26-37(38)52-22-10-15-39(52)53)40(42(54)49-43(18-19-43)31-12-5-3-6-13-31)35(41(48-36)30-11-9-14-32(25-30)44(45,46)47)28-50-23-16-33(17-24-50)51-20-7-4-8-21-51/h3,5-6,9,11-14,25-27,29,33H,4,7-8,10,15-24,28H2,1-2H3,(H,49,54). The maximum absolute atomic E-state index is 15.1. The van der Waals surface area contributed by atoms with Gasteiger partial charge >= 0.3 is 6.18 Å². The Balaban J connectivity index is 1.30. The second-order valence-electron chi connectivity index (χ2n) is 16.1. The first-order chi connectivity index (χ1) is 26.5. The molecule has 1 N–H and O–H groups in total. The van der Waals surface area contributed by atoms with Crippen molar-refractivity contribution in [2.75, 3.05) is 37.6 Å². The van der Waals surface area contributed by atoms with Gasteiger partial charge in [-0.25, -0.2) is 4.98 Å². The average Bonchev–Trinajstić information content (AvgIpc) is 3.84. The van der Waals surface area contributed by atoms with Crippen LogP contribution in [0.3, 0.4) is 0 Å². The fourth-order valence-corrected chi connectivity index (χ4v) is 8.87. The minimum absolute atomic E-state index is 0.0229. The van der Waals surface area contributed by atoms with Crippen LogP contribution < -0.4 is 15.0 Å². The van der Waals surface area contributed by atoms with Crippen LogP contribution >= 0.6 is 0 Å². The third-order valence-corrected chi connectivity index (χ3v) is 11.9. The van der Waals surface area contributed by atoms with Crippen LogP contribution in [0.2, 0.25) is 0 Å². The third-order valence-electron chi connectivity index (χ3n) is 11.9. The second kappa shape index (κ2) is 15.2. The summed E-state index contributed by atoms with van der Waals surface area (Å²) in [5.41, 5.74) is 2.26.